The van der Waals surface area contributed by atoms with Crippen LogP contribution >= 0.6 is 12.2 Å². The summed E-state index contributed by atoms with van der Waals surface area (Å²) in [6, 6.07) is 0. The Labute approximate surface area is 122 Å². The molecule has 110 valence electrons. The van der Waals surface area contributed by atoms with Gasteiger partial charge >= 0.3 is 11.9 Å². The van der Waals surface area contributed by atoms with Crippen molar-refractivity contribution in [1.29, 1.82) is 0 Å². The number of aryl methyl sites for hydroxylation is 2. The van der Waals surface area contributed by atoms with Crippen LogP contribution in [0.5, 0.6) is 0 Å². The summed E-state index contributed by atoms with van der Waals surface area (Å²) in [5, 5.41) is 24.6. The second kappa shape index (κ2) is 11.8. The number of carbonyl (C=O) groups is 2. The number of aromatic nitrogens is 2. The quantitative estimate of drug-likeness (QED) is 0.376. The number of aliphatic carboxylic acids is 2. The van der Waals surface area contributed by atoms with Crippen molar-refractivity contribution in [2.24, 2.45) is 7.05 Å². The van der Waals surface area contributed by atoms with Crippen LogP contribution in [0.2, 0.25) is 0 Å². The van der Waals surface area contributed by atoms with E-state index < -0.39 is 11.9 Å². The molecule has 0 aliphatic rings. The lowest BCUT2D eigenvalue weighted by Gasteiger charge is -1.86. The van der Waals surface area contributed by atoms with E-state index in [0.717, 1.165) is 6.54 Å². The molecule has 1 heterocycles. The van der Waals surface area contributed by atoms with Crippen molar-refractivity contribution in [1.82, 2.24) is 4.57 Å². The molecule has 0 unspecified atom stereocenters. The smallest absolute Gasteiger partial charge is 0.331 e. The molecule has 0 saturated heterocycles. The van der Waals surface area contributed by atoms with E-state index in [4.69, 9.17) is 15.6 Å². The molecule has 0 fully saturated rings. The van der Waals surface area contributed by atoms with Gasteiger partial charge in [0.05, 0.1) is 13.6 Å². The summed E-state index contributed by atoms with van der Waals surface area (Å²) in [5.74, 6) is -2.45. The van der Waals surface area contributed by atoms with Crippen molar-refractivity contribution >= 4 is 29.3 Å². The molecule has 7 nitrogen and oxygen atoms in total. The Morgan fingerprint density at radius 3 is 2.15 bits per heavy atom. The highest BCUT2D eigenvalue weighted by Crippen LogP contribution is 1.89. The van der Waals surface area contributed by atoms with Gasteiger partial charge in [0.1, 0.15) is 12.4 Å². The van der Waals surface area contributed by atoms with Gasteiger partial charge in [-0.05, 0) is 13.8 Å². The molecule has 0 bridgehead atoms. The SMILES string of the molecule is C/C(=C/C(=O)O)C(=O)O.CCn1cc[n+](C)c1.[N-]=C=S. The zero-order valence-corrected chi connectivity index (χ0v) is 12.3. The monoisotopic (exact) mass is 299 g/mol. The topological polar surface area (TPSA) is 106 Å². The van der Waals surface area contributed by atoms with E-state index >= 15 is 0 Å². The van der Waals surface area contributed by atoms with Crippen molar-refractivity contribution < 1.29 is 24.4 Å². The summed E-state index contributed by atoms with van der Waals surface area (Å²) in [5.41, 5.74) is -0.178. The molecular formula is C12H17N3O4S. The van der Waals surface area contributed by atoms with E-state index in [9.17, 15) is 9.59 Å². The van der Waals surface area contributed by atoms with Crippen LogP contribution in [0.4, 0.5) is 0 Å². The van der Waals surface area contributed by atoms with E-state index in [0.29, 0.717) is 6.08 Å². The Bertz CT molecular complexity index is 503. The second-order valence-corrected chi connectivity index (χ2v) is 3.65. The number of imidazole rings is 1. The van der Waals surface area contributed by atoms with Gasteiger partial charge in [0, 0.05) is 11.6 Å². The molecule has 0 aromatic carbocycles. The summed E-state index contributed by atoms with van der Waals surface area (Å²) in [7, 11) is 2.02. The predicted molar refractivity (Wildman–Crippen MR) is 76.3 cm³/mol. The average molecular weight is 299 g/mol. The summed E-state index contributed by atoms with van der Waals surface area (Å²) in [4.78, 5) is 19.7. The molecule has 0 saturated carbocycles. The molecule has 0 aliphatic heterocycles. The maximum absolute atomic E-state index is 9.90. The molecule has 1 rings (SSSR count). The fourth-order valence-corrected chi connectivity index (χ4v) is 0.936. The molecular weight excluding hydrogens is 282 g/mol. The molecule has 0 aliphatic carbocycles. The zero-order valence-electron chi connectivity index (χ0n) is 11.5. The first-order valence-corrected chi connectivity index (χ1v) is 5.86. The minimum Gasteiger partial charge on any atom is -0.753 e. The Balaban J connectivity index is 0. The standard InChI is InChI=1S/C6H11N2.C5H6O4.CNS/c1-3-8-5-4-7(2)6-8;1-3(5(8)9)2-4(6)7;2-1-3/h4-6H,3H2,1-2H3;2H,1H3,(H,6,7)(H,8,9);/q+1;;-1/b;3-2-;. The Morgan fingerprint density at radius 1 is 1.50 bits per heavy atom. The maximum atomic E-state index is 9.90. The van der Waals surface area contributed by atoms with Crippen LogP contribution in [0.25, 0.3) is 5.41 Å². The molecule has 20 heavy (non-hydrogen) atoms. The highest BCUT2D eigenvalue weighted by atomic mass is 32.1. The zero-order chi connectivity index (χ0) is 16.1. The summed E-state index contributed by atoms with van der Waals surface area (Å²) in [6.45, 7) is 4.40. The number of hydrogen-bond acceptors (Lipinski definition) is 3. The van der Waals surface area contributed by atoms with Crippen LogP contribution in [0.3, 0.4) is 0 Å². The largest absolute Gasteiger partial charge is 0.753 e. The van der Waals surface area contributed by atoms with Gasteiger partial charge in [-0.25, -0.2) is 18.7 Å². The van der Waals surface area contributed by atoms with Gasteiger partial charge in [-0.15, -0.1) is 0 Å². The third kappa shape index (κ3) is 12.2. The lowest BCUT2D eigenvalue weighted by Crippen LogP contribution is -2.23. The molecule has 0 atom stereocenters. The summed E-state index contributed by atoms with van der Waals surface area (Å²) >= 11 is 3.70. The van der Waals surface area contributed by atoms with Crippen LogP contribution in [0.1, 0.15) is 13.8 Å². The Kier molecular flexibility index (Phi) is 11.8. The summed E-state index contributed by atoms with van der Waals surface area (Å²) in [6.07, 6.45) is 6.78. The van der Waals surface area contributed by atoms with E-state index in [1.54, 1.807) is 0 Å². The van der Waals surface area contributed by atoms with Gasteiger partial charge in [0.2, 0.25) is 6.33 Å². The molecule has 0 radical (unpaired) electrons. The van der Waals surface area contributed by atoms with Gasteiger partial charge < -0.3 is 15.6 Å². The number of carboxylic acids is 2. The third-order valence-electron chi connectivity index (χ3n) is 1.87. The number of rotatable bonds is 3. The fraction of sp³-hybridized carbons (Fsp3) is 0.333. The molecule has 0 amide bonds. The van der Waals surface area contributed by atoms with Crippen LogP contribution in [-0.2, 0) is 23.2 Å². The van der Waals surface area contributed by atoms with Gasteiger partial charge in [-0.1, -0.05) is 12.2 Å². The first kappa shape index (κ1) is 20.0. The first-order valence-electron chi connectivity index (χ1n) is 5.45. The fourth-order valence-electron chi connectivity index (χ4n) is 0.936. The minimum absolute atomic E-state index is 0.178. The molecule has 0 spiro atoms. The highest BCUT2D eigenvalue weighted by Gasteiger charge is 2.00. The molecule has 1 aromatic rings. The highest BCUT2D eigenvalue weighted by molar-refractivity contribution is 7.78. The van der Waals surface area contributed by atoms with Crippen LogP contribution in [-0.4, -0.2) is 31.9 Å². The van der Waals surface area contributed by atoms with Gasteiger partial charge in [0.25, 0.3) is 0 Å². The van der Waals surface area contributed by atoms with Crippen molar-refractivity contribution in [3.05, 3.63) is 35.8 Å². The number of hydrogen-bond donors (Lipinski definition) is 2. The van der Waals surface area contributed by atoms with Gasteiger partial charge in [-0.3, -0.25) is 0 Å². The normalized spacial score (nSPS) is 9.25. The molecule has 8 heteroatoms. The second-order valence-electron chi connectivity index (χ2n) is 3.47. The van der Waals surface area contributed by atoms with E-state index in [1.807, 2.05) is 17.8 Å². The van der Waals surface area contributed by atoms with Crippen LogP contribution < -0.4 is 4.57 Å². The lowest BCUT2D eigenvalue weighted by atomic mass is 10.3. The Morgan fingerprint density at radius 2 is 2.00 bits per heavy atom. The minimum atomic E-state index is -1.24. The van der Waals surface area contributed by atoms with Crippen molar-refractivity contribution in [2.45, 2.75) is 20.4 Å². The molecule has 1 aromatic heterocycles. The van der Waals surface area contributed by atoms with Crippen molar-refractivity contribution in [3.63, 3.8) is 0 Å². The maximum Gasteiger partial charge on any atom is 0.331 e. The van der Waals surface area contributed by atoms with Crippen LogP contribution in [0, 0.1) is 0 Å². The van der Waals surface area contributed by atoms with Crippen molar-refractivity contribution in [3.8, 4) is 0 Å². The predicted octanol–water partition coefficient (Wildman–Crippen LogP) is 1.09. The molecule has 2 N–H and O–H groups in total. The van der Waals surface area contributed by atoms with E-state index in [1.165, 1.54) is 12.1 Å². The van der Waals surface area contributed by atoms with Crippen LogP contribution in [0.15, 0.2) is 30.4 Å². The third-order valence-corrected chi connectivity index (χ3v) is 1.87. The Hall–Kier alpha value is -2.31. The number of carboxylic acid groups (broad SMARTS) is 2. The average Bonchev–Trinajstić information content (AvgIpc) is 2.76. The van der Waals surface area contributed by atoms with Gasteiger partial charge in [0.15, 0.2) is 0 Å². The number of isothiocyanates is 1. The van der Waals surface area contributed by atoms with E-state index in [-0.39, 0.29) is 5.57 Å². The lowest BCUT2D eigenvalue weighted by molar-refractivity contribution is -0.671. The van der Waals surface area contributed by atoms with Crippen molar-refractivity contribution in [2.75, 3.05) is 0 Å². The van der Waals surface area contributed by atoms with E-state index in [2.05, 4.69) is 36.2 Å². The first-order chi connectivity index (χ1) is 9.28. The summed E-state index contributed by atoms with van der Waals surface area (Å²) < 4.78 is 4.16. The van der Waals surface area contributed by atoms with Gasteiger partial charge in [-0.2, -0.15) is 5.16 Å². The number of thiocarbonyl (C=S) groups is 1. The number of nitrogens with zero attached hydrogens (tertiary/aromatic N) is 3.